The minimum Gasteiger partial charge on any atom is -0.506 e. The van der Waals surface area contributed by atoms with Gasteiger partial charge in [0.15, 0.2) is 5.75 Å². The van der Waals surface area contributed by atoms with Crippen LogP contribution >= 0.6 is 90.4 Å². The van der Waals surface area contributed by atoms with Gasteiger partial charge in [0.1, 0.15) is 23.6 Å². The number of carbonyl (C=O) groups excluding carboxylic acids is 1. The van der Waals surface area contributed by atoms with Crippen molar-refractivity contribution in [2.24, 2.45) is 0 Å². The van der Waals surface area contributed by atoms with Gasteiger partial charge in [0.25, 0.3) is 0 Å². The van der Waals surface area contributed by atoms with Crippen LogP contribution in [0.4, 0.5) is 0 Å². The molecule has 2 aromatic rings. The van der Waals surface area contributed by atoms with Crippen molar-refractivity contribution < 1.29 is 34.4 Å². The van der Waals surface area contributed by atoms with E-state index >= 15 is 0 Å². The van der Waals surface area contributed by atoms with Gasteiger partial charge < -0.3 is 25.4 Å². The van der Waals surface area contributed by atoms with Crippen LogP contribution in [0.2, 0.25) is 0 Å². The molecule has 33 heavy (non-hydrogen) atoms. The van der Waals surface area contributed by atoms with E-state index < -0.39 is 29.9 Å². The molecule has 1 amide bonds. The molecule has 5 N–H and O–H groups in total. The predicted molar refractivity (Wildman–Crippen MR) is 153 cm³/mol. The van der Waals surface area contributed by atoms with Crippen LogP contribution in [0.1, 0.15) is 18.4 Å². The van der Waals surface area contributed by atoms with Crippen LogP contribution in [0.5, 0.6) is 17.2 Å². The first-order valence-electron chi connectivity index (χ1n) is 9.19. The number of hydrogen-bond donors (Lipinski definition) is 4. The number of nitrogens with one attached hydrogen (secondary N) is 2. The highest BCUT2D eigenvalue weighted by molar-refractivity contribution is 14.1. The number of benzene rings is 2. The number of carboxylic acid groups (broad SMARTS) is 2. The summed E-state index contributed by atoms with van der Waals surface area (Å²) in [5.74, 6) is -1.91. The van der Waals surface area contributed by atoms with Gasteiger partial charge in [-0.3, -0.25) is 9.59 Å². The van der Waals surface area contributed by atoms with Gasteiger partial charge >= 0.3 is 11.9 Å². The standard InChI is InChI=1S/C20H17I4N2O7/c21-10-6-9(7-11(22)17(10)29)33-18-12(23)3-8(4-13(18)24)5-15(20(31)32)26-19(30)14(25)1-2-16(27)28/h3-4,6-7,14-15,25,29H,1-2,5H2,(H,26,30)(H,27,28)(H,31,32)/t14-,15-/m0/s1. The first-order valence-corrected chi connectivity index (χ1v) is 13.5. The van der Waals surface area contributed by atoms with E-state index in [2.05, 4.69) is 50.5 Å². The third-order valence-corrected chi connectivity index (χ3v) is 7.53. The SMILES string of the molecule is [NH][C@@H](CCC(=O)O)C(=O)N[C@@H](Cc1cc(I)c(Oc2cc(I)c(O)c(I)c2)c(I)c1)C(=O)O. The topological polar surface area (TPSA) is 157 Å². The molecule has 0 aromatic heterocycles. The summed E-state index contributed by atoms with van der Waals surface area (Å²) in [6.45, 7) is 0. The van der Waals surface area contributed by atoms with Gasteiger partial charge in [0.2, 0.25) is 5.91 Å². The van der Waals surface area contributed by atoms with Gasteiger partial charge in [-0.1, -0.05) is 0 Å². The molecule has 1 radical (unpaired) electrons. The monoisotopic (exact) mass is 905 g/mol. The van der Waals surface area contributed by atoms with Crippen molar-refractivity contribution in [3.63, 3.8) is 0 Å². The van der Waals surface area contributed by atoms with Gasteiger partial charge in [-0.15, -0.1) is 0 Å². The summed E-state index contributed by atoms with van der Waals surface area (Å²) in [5, 5.41) is 30.5. The maximum atomic E-state index is 12.1. The Balaban J connectivity index is 2.17. The van der Waals surface area contributed by atoms with Crippen molar-refractivity contribution in [1.82, 2.24) is 11.1 Å². The van der Waals surface area contributed by atoms with E-state index in [1.165, 1.54) is 0 Å². The molecule has 0 heterocycles. The number of aliphatic carboxylic acids is 2. The summed E-state index contributed by atoms with van der Waals surface area (Å²) in [4.78, 5) is 34.4. The van der Waals surface area contributed by atoms with Crippen molar-refractivity contribution in [1.29, 1.82) is 0 Å². The average molecular weight is 905 g/mol. The lowest BCUT2D eigenvalue weighted by molar-refractivity contribution is -0.142. The van der Waals surface area contributed by atoms with Crippen LogP contribution in [0.3, 0.4) is 0 Å². The molecule has 0 aliphatic rings. The van der Waals surface area contributed by atoms with Gasteiger partial charge in [-0.05, 0) is 127 Å². The van der Waals surface area contributed by atoms with E-state index in [4.69, 9.17) is 15.6 Å². The fourth-order valence-corrected chi connectivity index (χ4v) is 6.48. The van der Waals surface area contributed by atoms with Crippen molar-refractivity contribution in [2.75, 3.05) is 0 Å². The Kier molecular flexibility index (Phi) is 11.1. The molecular formula is C20H17I4N2O7. The number of carbonyl (C=O) groups is 3. The molecule has 0 aliphatic heterocycles. The molecule has 0 fully saturated rings. The Morgan fingerprint density at radius 2 is 1.52 bits per heavy atom. The number of phenols is 1. The van der Waals surface area contributed by atoms with E-state index in [9.17, 15) is 24.6 Å². The molecule has 177 valence electrons. The number of ether oxygens (including phenoxy) is 1. The largest absolute Gasteiger partial charge is 0.506 e. The van der Waals surface area contributed by atoms with Crippen LogP contribution < -0.4 is 15.8 Å². The predicted octanol–water partition coefficient (Wildman–Crippen LogP) is 4.23. The summed E-state index contributed by atoms with van der Waals surface area (Å²) in [6, 6.07) is 4.27. The normalized spacial score (nSPS) is 12.6. The molecule has 9 nitrogen and oxygen atoms in total. The Hall–Kier alpha value is -0.670. The molecule has 0 aliphatic carbocycles. The van der Waals surface area contributed by atoms with Crippen LogP contribution in [0.15, 0.2) is 24.3 Å². The van der Waals surface area contributed by atoms with E-state index in [1.807, 2.05) is 45.2 Å². The highest BCUT2D eigenvalue weighted by atomic mass is 127. The summed E-state index contributed by atoms with van der Waals surface area (Å²) >= 11 is 8.18. The second-order valence-electron chi connectivity index (χ2n) is 6.81. The third kappa shape index (κ3) is 8.49. The van der Waals surface area contributed by atoms with E-state index in [0.717, 1.165) is 7.14 Å². The quantitative estimate of drug-likeness (QED) is 0.260. The van der Waals surface area contributed by atoms with Gasteiger partial charge in [-0.25, -0.2) is 10.5 Å². The first kappa shape index (κ1) is 28.6. The minimum atomic E-state index is -1.37. The number of aromatic hydroxyl groups is 1. The van der Waals surface area contributed by atoms with E-state index in [1.54, 1.807) is 24.3 Å². The second kappa shape index (κ2) is 12.9. The Morgan fingerprint density at radius 3 is 2.00 bits per heavy atom. The van der Waals surface area contributed by atoms with Gasteiger partial charge in [-0.2, -0.15) is 0 Å². The molecule has 0 bridgehead atoms. The molecular weight excluding hydrogens is 888 g/mol. The van der Waals surface area contributed by atoms with Gasteiger partial charge in [0.05, 0.1) is 14.3 Å². The zero-order valence-electron chi connectivity index (χ0n) is 16.6. The zero-order valence-corrected chi connectivity index (χ0v) is 25.2. The third-order valence-electron chi connectivity index (χ3n) is 4.29. The highest BCUT2D eigenvalue weighted by Gasteiger charge is 2.25. The van der Waals surface area contributed by atoms with Crippen LogP contribution in [-0.2, 0) is 20.8 Å². The number of rotatable bonds is 10. The fraction of sp³-hybridized carbons (Fsp3) is 0.250. The van der Waals surface area contributed by atoms with Gasteiger partial charge in [0, 0.05) is 12.8 Å². The number of carboxylic acids is 2. The highest BCUT2D eigenvalue weighted by Crippen LogP contribution is 2.37. The number of halogens is 4. The van der Waals surface area contributed by atoms with Crippen molar-refractivity contribution >= 4 is 108 Å². The molecule has 2 rings (SSSR count). The maximum absolute atomic E-state index is 12.1. The summed E-state index contributed by atoms with van der Waals surface area (Å²) in [7, 11) is 0. The Morgan fingerprint density at radius 1 is 0.970 bits per heavy atom. The lowest BCUT2D eigenvalue weighted by Crippen LogP contribution is -2.47. The molecule has 13 heteroatoms. The van der Waals surface area contributed by atoms with E-state index in [0.29, 0.717) is 24.2 Å². The average Bonchev–Trinajstić information content (AvgIpc) is 2.72. The number of phenolic OH excluding ortho intramolecular Hbond substituents is 1. The smallest absolute Gasteiger partial charge is 0.326 e. The van der Waals surface area contributed by atoms with Crippen molar-refractivity contribution in [3.05, 3.63) is 44.1 Å². The fourth-order valence-electron chi connectivity index (χ4n) is 2.65. The molecule has 0 unspecified atom stereocenters. The lowest BCUT2D eigenvalue weighted by Gasteiger charge is -2.18. The maximum Gasteiger partial charge on any atom is 0.326 e. The van der Waals surface area contributed by atoms with Crippen LogP contribution in [-0.4, -0.2) is 45.2 Å². The second-order valence-corrected chi connectivity index (χ2v) is 11.5. The van der Waals surface area contributed by atoms with Crippen LogP contribution in [0.25, 0.3) is 0 Å². The van der Waals surface area contributed by atoms with Crippen molar-refractivity contribution in [2.45, 2.75) is 31.3 Å². The molecule has 0 saturated carbocycles. The van der Waals surface area contributed by atoms with E-state index in [-0.39, 0.29) is 25.0 Å². The van der Waals surface area contributed by atoms with Crippen LogP contribution in [0, 0.1) is 14.3 Å². The Labute approximate surface area is 243 Å². The number of amides is 1. The Bertz CT molecular complexity index is 1030. The number of hydrogen-bond acceptors (Lipinski definition) is 5. The zero-order chi connectivity index (χ0) is 24.9. The molecule has 0 spiro atoms. The van der Waals surface area contributed by atoms with Crippen molar-refractivity contribution in [3.8, 4) is 17.2 Å². The summed E-state index contributed by atoms with van der Waals surface area (Å²) < 4.78 is 8.75. The lowest BCUT2D eigenvalue weighted by atomic mass is 10.0. The molecule has 2 aromatic carbocycles. The summed E-state index contributed by atoms with van der Waals surface area (Å²) in [5.41, 5.74) is 8.37. The molecule has 0 saturated heterocycles. The first-order chi connectivity index (χ1) is 15.4. The summed E-state index contributed by atoms with van der Waals surface area (Å²) in [6.07, 6.45) is -0.575. The minimum absolute atomic E-state index is 0.0198. The molecule has 2 atom stereocenters.